The predicted molar refractivity (Wildman–Crippen MR) is 54.0 cm³/mol. The number of pyridine rings is 1. The summed E-state index contributed by atoms with van der Waals surface area (Å²) in [4.78, 5) is 14.6. The summed E-state index contributed by atoms with van der Waals surface area (Å²) in [5.74, 6) is -1.06. The molecule has 15 heavy (non-hydrogen) atoms. The fourth-order valence-electron chi connectivity index (χ4n) is 1.20. The molecule has 0 fully saturated rings. The van der Waals surface area contributed by atoms with E-state index in [1.54, 1.807) is 12.1 Å². The molecule has 2 rings (SSSR count). The Morgan fingerprint density at radius 3 is 2.87 bits per heavy atom. The standard InChI is InChI=1S/C9H5N3O2.Li.H/c10-3-6-1-2-8-11-4-7(9(13)14)12(8)5-6;;/h1-2,4-5H,(H,13,14);;. The minimum absolute atomic E-state index is 0. The summed E-state index contributed by atoms with van der Waals surface area (Å²) in [6, 6.07) is 5.13. The Morgan fingerprint density at radius 2 is 2.27 bits per heavy atom. The first-order valence-corrected chi connectivity index (χ1v) is 3.83. The van der Waals surface area contributed by atoms with Crippen molar-refractivity contribution >= 4 is 30.5 Å². The van der Waals surface area contributed by atoms with E-state index >= 15 is 0 Å². The normalized spacial score (nSPS) is 9.27. The molecule has 5 nitrogen and oxygen atoms in total. The van der Waals surface area contributed by atoms with E-state index in [4.69, 9.17) is 10.4 Å². The van der Waals surface area contributed by atoms with Gasteiger partial charge in [-0.2, -0.15) is 5.26 Å². The first-order chi connectivity index (χ1) is 6.72. The molecule has 2 aromatic rings. The average Bonchev–Trinajstić information content (AvgIpc) is 2.59. The van der Waals surface area contributed by atoms with E-state index in [2.05, 4.69) is 4.98 Å². The molecule has 70 valence electrons. The number of aromatic carboxylic acids is 1. The zero-order chi connectivity index (χ0) is 10.1. The van der Waals surface area contributed by atoms with Gasteiger partial charge in [0.05, 0.1) is 11.8 Å². The average molecular weight is 195 g/mol. The van der Waals surface area contributed by atoms with Crippen molar-refractivity contribution in [2.75, 3.05) is 0 Å². The zero-order valence-electron chi connectivity index (χ0n) is 7.01. The van der Waals surface area contributed by atoms with E-state index in [1.807, 2.05) is 6.07 Å². The van der Waals surface area contributed by atoms with Crippen LogP contribution in [0.25, 0.3) is 5.65 Å². The van der Waals surface area contributed by atoms with Crippen LogP contribution in [0.4, 0.5) is 0 Å². The number of nitriles is 1. The molecule has 0 bridgehead atoms. The summed E-state index contributed by atoms with van der Waals surface area (Å²) >= 11 is 0. The first-order valence-electron chi connectivity index (χ1n) is 3.83. The van der Waals surface area contributed by atoms with Crippen molar-refractivity contribution in [3.05, 3.63) is 35.8 Å². The van der Waals surface area contributed by atoms with Crippen LogP contribution in [0.2, 0.25) is 0 Å². The summed E-state index contributed by atoms with van der Waals surface area (Å²) < 4.78 is 1.38. The quantitative estimate of drug-likeness (QED) is 0.661. The monoisotopic (exact) mass is 195 g/mol. The van der Waals surface area contributed by atoms with Gasteiger partial charge in [-0.05, 0) is 12.1 Å². The van der Waals surface area contributed by atoms with Gasteiger partial charge in [-0.25, -0.2) is 9.78 Å². The summed E-state index contributed by atoms with van der Waals surface area (Å²) in [5, 5.41) is 17.4. The number of aromatic nitrogens is 2. The fourth-order valence-corrected chi connectivity index (χ4v) is 1.20. The summed E-state index contributed by atoms with van der Waals surface area (Å²) in [5.41, 5.74) is 0.969. The third-order valence-electron chi connectivity index (χ3n) is 1.85. The SMILES string of the molecule is N#Cc1ccc2ncc(C(=O)O)n2c1.[LiH]. The van der Waals surface area contributed by atoms with E-state index in [9.17, 15) is 4.79 Å². The maximum absolute atomic E-state index is 10.7. The van der Waals surface area contributed by atoms with Crippen LogP contribution in [0.15, 0.2) is 24.5 Å². The number of hydrogen-bond acceptors (Lipinski definition) is 3. The van der Waals surface area contributed by atoms with E-state index in [0.29, 0.717) is 11.2 Å². The summed E-state index contributed by atoms with van der Waals surface area (Å²) in [6.45, 7) is 0. The molecule has 1 N–H and O–H groups in total. The minimum atomic E-state index is -1.06. The number of imidazole rings is 1. The van der Waals surface area contributed by atoms with Gasteiger partial charge in [-0.1, -0.05) is 0 Å². The van der Waals surface area contributed by atoms with Crippen molar-refractivity contribution in [1.82, 2.24) is 9.38 Å². The van der Waals surface area contributed by atoms with Crippen molar-refractivity contribution < 1.29 is 9.90 Å². The van der Waals surface area contributed by atoms with Crippen LogP contribution < -0.4 is 0 Å². The van der Waals surface area contributed by atoms with Crippen LogP contribution in [0, 0.1) is 11.3 Å². The summed E-state index contributed by atoms with van der Waals surface area (Å²) in [6.07, 6.45) is 2.71. The van der Waals surface area contributed by atoms with Crippen LogP contribution in [0.5, 0.6) is 0 Å². The molecule has 0 unspecified atom stereocenters. The molecule has 0 aliphatic heterocycles. The molecule has 0 spiro atoms. The van der Waals surface area contributed by atoms with Crippen molar-refractivity contribution in [3.63, 3.8) is 0 Å². The fraction of sp³-hybridized carbons (Fsp3) is 0. The van der Waals surface area contributed by atoms with Crippen molar-refractivity contribution in [2.45, 2.75) is 0 Å². The van der Waals surface area contributed by atoms with Gasteiger partial charge in [-0.3, -0.25) is 4.40 Å². The molecule has 6 heteroatoms. The van der Waals surface area contributed by atoms with Crippen LogP contribution in [-0.4, -0.2) is 39.3 Å². The number of carboxylic acid groups (broad SMARTS) is 1. The second-order valence-electron chi connectivity index (χ2n) is 2.71. The molecule has 0 aromatic carbocycles. The number of carbonyl (C=O) groups is 1. The number of fused-ring (bicyclic) bond motifs is 1. The number of carboxylic acids is 1. The summed E-state index contributed by atoms with van der Waals surface area (Å²) in [7, 11) is 0. The van der Waals surface area contributed by atoms with Gasteiger partial charge >= 0.3 is 24.8 Å². The molecular formula is C9H6LiN3O2. The number of hydrogen-bond donors (Lipinski definition) is 1. The van der Waals surface area contributed by atoms with E-state index < -0.39 is 5.97 Å². The van der Waals surface area contributed by atoms with E-state index in [-0.39, 0.29) is 24.6 Å². The van der Waals surface area contributed by atoms with E-state index in [1.165, 1.54) is 16.8 Å². The van der Waals surface area contributed by atoms with Crippen molar-refractivity contribution in [2.24, 2.45) is 0 Å². The number of rotatable bonds is 1. The van der Waals surface area contributed by atoms with Gasteiger partial charge in [0, 0.05) is 6.20 Å². The molecular weight excluding hydrogens is 189 g/mol. The van der Waals surface area contributed by atoms with Gasteiger partial charge in [0.1, 0.15) is 11.7 Å². The van der Waals surface area contributed by atoms with Crippen LogP contribution in [0.1, 0.15) is 16.1 Å². The third kappa shape index (κ3) is 1.87. The molecule has 0 saturated carbocycles. The maximum atomic E-state index is 10.7. The van der Waals surface area contributed by atoms with Gasteiger partial charge in [0.15, 0.2) is 5.69 Å². The molecule has 0 radical (unpaired) electrons. The first kappa shape index (κ1) is 11.3. The molecule has 0 amide bonds. The van der Waals surface area contributed by atoms with Crippen LogP contribution >= 0.6 is 0 Å². The Morgan fingerprint density at radius 1 is 1.53 bits per heavy atom. The number of nitrogens with zero attached hydrogens (tertiary/aromatic N) is 3. The van der Waals surface area contributed by atoms with Gasteiger partial charge in [0.2, 0.25) is 0 Å². The Balaban J connectivity index is 0.00000112. The third-order valence-corrected chi connectivity index (χ3v) is 1.85. The van der Waals surface area contributed by atoms with Gasteiger partial charge in [0.25, 0.3) is 0 Å². The van der Waals surface area contributed by atoms with Gasteiger partial charge < -0.3 is 5.11 Å². The predicted octanol–water partition coefficient (Wildman–Crippen LogP) is 0.256. The molecule has 0 saturated heterocycles. The second kappa shape index (κ2) is 4.18. The second-order valence-corrected chi connectivity index (χ2v) is 2.71. The van der Waals surface area contributed by atoms with Crippen LogP contribution in [-0.2, 0) is 0 Å². The Hall–Kier alpha value is -1.75. The molecule has 2 aromatic heterocycles. The van der Waals surface area contributed by atoms with Crippen LogP contribution in [0.3, 0.4) is 0 Å². The Kier molecular flexibility index (Phi) is 3.16. The molecule has 2 heterocycles. The zero-order valence-corrected chi connectivity index (χ0v) is 7.01. The molecule has 0 aliphatic rings. The topological polar surface area (TPSA) is 78.4 Å². The van der Waals surface area contributed by atoms with Gasteiger partial charge in [-0.15, -0.1) is 0 Å². The molecule has 0 aliphatic carbocycles. The van der Waals surface area contributed by atoms with Crippen molar-refractivity contribution in [1.29, 1.82) is 5.26 Å². The Labute approximate surface area is 97.1 Å². The molecule has 0 atom stereocenters. The van der Waals surface area contributed by atoms with Crippen molar-refractivity contribution in [3.8, 4) is 6.07 Å². The van der Waals surface area contributed by atoms with E-state index in [0.717, 1.165) is 0 Å². The Bertz CT molecular complexity index is 556.